The summed E-state index contributed by atoms with van der Waals surface area (Å²) in [5, 5.41) is 3.47. The van der Waals surface area contributed by atoms with E-state index in [4.69, 9.17) is 0 Å². The van der Waals surface area contributed by atoms with Crippen molar-refractivity contribution in [3.8, 4) is 0 Å². The number of nitrogens with one attached hydrogen (secondary N) is 1. The third-order valence-corrected chi connectivity index (χ3v) is 2.87. The number of benzene rings is 1. The molecule has 0 aliphatic carbocycles. The third kappa shape index (κ3) is 2.39. The van der Waals surface area contributed by atoms with E-state index in [9.17, 15) is 4.79 Å². The quantitative estimate of drug-likeness (QED) is 0.819. The Bertz CT molecular complexity index is 389. The molecule has 1 heterocycles. The van der Waals surface area contributed by atoms with E-state index < -0.39 is 0 Å². The van der Waals surface area contributed by atoms with Gasteiger partial charge in [0.1, 0.15) is 6.04 Å². The second-order valence-electron chi connectivity index (χ2n) is 3.33. The SMILES string of the molecule is CSC1=NC(Cc2ccccc2)C(=O)N1. The summed E-state index contributed by atoms with van der Waals surface area (Å²) in [6.45, 7) is 0. The van der Waals surface area contributed by atoms with E-state index >= 15 is 0 Å². The van der Waals surface area contributed by atoms with Crippen molar-refractivity contribution in [2.24, 2.45) is 4.99 Å². The van der Waals surface area contributed by atoms with Crippen LogP contribution < -0.4 is 5.32 Å². The fourth-order valence-electron chi connectivity index (χ4n) is 1.50. The molecule has 1 N–H and O–H groups in total. The van der Waals surface area contributed by atoms with Crippen molar-refractivity contribution in [3.05, 3.63) is 35.9 Å². The summed E-state index contributed by atoms with van der Waals surface area (Å²) >= 11 is 1.47. The van der Waals surface area contributed by atoms with Crippen molar-refractivity contribution in [1.82, 2.24) is 5.32 Å². The zero-order valence-corrected chi connectivity index (χ0v) is 9.25. The lowest BCUT2D eigenvalue weighted by atomic mass is 10.1. The lowest BCUT2D eigenvalue weighted by Crippen LogP contribution is -2.28. The van der Waals surface area contributed by atoms with Crippen LogP contribution in [0.3, 0.4) is 0 Å². The van der Waals surface area contributed by atoms with Gasteiger partial charge in [-0.2, -0.15) is 0 Å². The van der Waals surface area contributed by atoms with Crippen LogP contribution in [0.4, 0.5) is 0 Å². The molecule has 0 saturated carbocycles. The van der Waals surface area contributed by atoms with Crippen LogP contribution >= 0.6 is 11.8 Å². The molecule has 0 radical (unpaired) electrons. The van der Waals surface area contributed by atoms with Crippen molar-refractivity contribution < 1.29 is 4.79 Å². The number of amides is 1. The first-order valence-electron chi connectivity index (χ1n) is 4.76. The molecule has 1 unspecified atom stereocenters. The summed E-state index contributed by atoms with van der Waals surface area (Å²) < 4.78 is 0. The van der Waals surface area contributed by atoms with Crippen molar-refractivity contribution in [3.63, 3.8) is 0 Å². The monoisotopic (exact) mass is 220 g/mol. The first-order chi connectivity index (χ1) is 7.29. The standard InChI is InChI=1S/C11H12N2OS/c1-15-11-12-9(10(14)13-11)7-8-5-3-2-4-6-8/h2-6,9H,7H2,1H3,(H,12,13,14). The topological polar surface area (TPSA) is 41.5 Å². The molecule has 1 aliphatic heterocycles. The van der Waals surface area contributed by atoms with Crippen LogP contribution in [0, 0.1) is 0 Å². The van der Waals surface area contributed by atoms with Gasteiger partial charge in [-0.25, -0.2) is 4.99 Å². The minimum Gasteiger partial charge on any atom is -0.304 e. The van der Waals surface area contributed by atoms with Gasteiger partial charge < -0.3 is 5.32 Å². The van der Waals surface area contributed by atoms with Crippen LogP contribution in [0.1, 0.15) is 5.56 Å². The predicted molar refractivity (Wildman–Crippen MR) is 63.0 cm³/mol. The summed E-state index contributed by atoms with van der Waals surface area (Å²) in [6.07, 6.45) is 2.58. The van der Waals surface area contributed by atoms with Gasteiger partial charge in [0.15, 0.2) is 5.17 Å². The molecule has 1 aromatic carbocycles. The highest BCUT2D eigenvalue weighted by molar-refractivity contribution is 8.13. The first-order valence-corrected chi connectivity index (χ1v) is 5.98. The van der Waals surface area contributed by atoms with Crippen molar-refractivity contribution >= 4 is 22.8 Å². The Hall–Kier alpha value is -1.29. The highest BCUT2D eigenvalue weighted by Crippen LogP contribution is 2.12. The Morgan fingerprint density at radius 3 is 2.73 bits per heavy atom. The molecule has 0 fully saturated rings. The zero-order chi connectivity index (χ0) is 10.7. The molecule has 4 heteroatoms. The van der Waals surface area contributed by atoms with Gasteiger partial charge in [-0.1, -0.05) is 42.1 Å². The molecular weight excluding hydrogens is 208 g/mol. The molecule has 15 heavy (non-hydrogen) atoms. The van der Waals surface area contributed by atoms with Gasteiger partial charge in [-0.3, -0.25) is 4.79 Å². The number of aliphatic imine (C=N–C) groups is 1. The van der Waals surface area contributed by atoms with E-state index in [1.165, 1.54) is 11.8 Å². The Morgan fingerprint density at radius 1 is 1.40 bits per heavy atom. The normalized spacial score (nSPS) is 19.9. The number of carbonyl (C=O) groups excluding carboxylic acids is 1. The number of thioether (sulfide) groups is 1. The van der Waals surface area contributed by atoms with Gasteiger partial charge in [0.05, 0.1) is 0 Å². The van der Waals surface area contributed by atoms with Gasteiger partial charge in [-0.05, 0) is 11.8 Å². The number of carbonyl (C=O) groups is 1. The molecule has 1 aliphatic rings. The maximum absolute atomic E-state index is 11.5. The van der Waals surface area contributed by atoms with E-state index in [-0.39, 0.29) is 11.9 Å². The summed E-state index contributed by atoms with van der Waals surface area (Å²) in [7, 11) is 0. The fourth-order valence-corrected chi connectivity index (χ4v) is 1.94. The first kappa shape index (κ1) is 10.2. The molecule has 0 aromatic heterocycles. The minimum absolute atomic E-state index is 0.00297. The van der Waals surface area contributed by atoms with Gasteiger partial charge >= 0.3 is 0 Å². The average Bonchev–Trinajstić information content (AvgIpc) is 2.61. The van der Waals surface area contributed by atoms with Crippen LogP contribution in [0.15, 0.2) is 35.3 Å². The van der Waals surface area contributed by atoms with E-state index in [1.54, 1.807) is 0 Å². The predicted octanol–water partition coefficient (Wildman–Crippen LogP) is 1.45. The molecule has 1 atom stereocenters. The molecule has 0 bridgehead atoms. The molecule has 78 valence electrons. The van der Waals surface area contributed by atoms with Crippen molar-refractivity contribution in [1.29, 1.82) is 0 Å². The second-order valence-corrected chi connectivity index (χ2v) is 4.13. The molecule has 0 spiro atoms. The second kappa shape index (κ2) is 4.49. The van der Waals surface area contributed by atoms with Gasteiger partial charge in [-0.15, -0.1) is 0 Å². The van der Waals surface area contributed by atoms with E-state index in [0.29, 0.717) is 6.42 Å². The van der Waals surface area contributed by atoms with E-state index in [2.05, 4.69) is 10.3 Å². The number of rotatable bonds is 2. The third-order valence-electron chi connectivity index (χ3n) is 2.27. The van der Waals surface area contributed by atoms with Crippen LogP contribution in [0.5, 0.6) is 0 Å². The zero-order valence-electron chi connectivity index (χ0n) is 8.43. The highest BCUT2D eigenvalue weighted by Gasteiger charge is 2.25. The number of hydrogen-bond donors (Lipinski definition) is 1. The van der Waals surface area contributed by atoms with Crippen LogP contribution in [0.2, 0.25) is 0 Å². The Balaban J connectivity index is 2.07. The molecule has 1 aromatic rings. The van der Waals surface area contributed by atoms with Gasteiger partial charge in [0.25, 0.3) is 5.91 Å². The van der Waals surface area contributed by atoms with Crippen LogP contribution in [-0.4, -0.2) is 23.4 Å². The summed E-state index contributed by atoms with van der Waals surface area (Å²) in [4.78, 5) is 15.8. The number of hydrogen-bond acceptors (Lipinski definition) is 3. The smallest absolute Gasteiger partial charge is 0.251 e. The van der Waals surface area contributed by atoms with Crippen LogP contribution in [0.25, 0.3) is 0 Å². The molecule has 0 saturated heterocycles. The molecular formula is C11H12N2OS. The Kier molecular flexibility index (Phi) is 3.06. The maximum atomic E-state index is 11.5. The summed E-state index contributed by atoms with van der Waals surface area (Å²) in [5.41, 5.74) is 1.14. The number of amidine groups is 1. The Labute approximate surface area is 93.0 Å². The van der Waals surface area contributed by atoms with E-state index in [0.717, 1.165) is 10.7 Å². The largest absolute Gasteiger partial charge is 0.304 e. The van der Waals surface area contributed by atoms with Gasteiger partial charge in [0, 0.05) is 6.42 Å². The minimum atomic E-state index is -0.255. The fraction of sp³-hybridized carbons (Fsp3) is 0.273. The average molecular weight is 220 g/mol. The van der Waals surface area contributed by atoms with E-state index in [1.807, 2.05) is 36.6 Å². The Morgan fingerprint density at radius 2 is 2.13 bits per heavy atom. The lowest BCUT2D eigenvalue weighted by Gasteiger charge is -2.03. The van der Waals surface area contributed by atoms with Crippen LogP contribution in [-0.2, 0) is 11.2 Å². The number of nitrogens with zero attached hydrogens (tertiary/aromatic N) is 1. The maximum Gasteiger partial charge on any atom is 0.251 e. The lowest BCUT2D eigenvalue weighted by molar-refractivity contribution is -0.120. The molecule has 3 nitrogen and oxygen atoms in total. The van der Waals surface area contributed by atoms with Crippen molar-refractivity contribution in [2.75, 3.05) is 6.26 Å². The highest BCUT2D eigenvalue weighted by atomic mass is 32.2. The molecule has 1 amide bonds. The summed E-state index contributed by atoms with van der Waals surface area (Å²) in [5.74, 6) is 0.00297. The molecule has 2 rings (SSSR count). The van der Waals surface area contributed by atoms with Gasteiger partial charge in [0.2, 0.25) is 0 Å². The van der Waals surface area contributed by atoms with Crippen molar-refractivity contribution in [2.45, 2.75) is 12.5 Å². The summed E-state index contributed by atoms with van der Waals surface area (Å²) in [6, 6.07) is 9.69.